The zero-order valence-corrected chi connectivity index (χ0v) is 6.25. The molecule has 3 N–H and O–H groups in total. The molecule has 0 heterocycles. The van der Waals surface area contributed by atoms with Gasteiger partial charge in [0.15, 0.2) is 0 Å². The second-order valence-electron chi connectivity index (χ2n) is 1.02. The molecule has 0 amide bonds. The van der Waals surface area contributed by atoms with Crippen LogP contribution in [0.3, 0.4) is 0 Å². The largest absolute Gasteiger partial charge is 0.394 e. The Morgan fingerprint density at radius 3 is 1.43 bits per heavy atom. The van der Waals surface area contributed by atoms with Crippen molar-refractivity contribution in [2.45, 2.75) is 6.10 Å². The molecular formula is C3H8CaO3. The van der Waals surface area contributed by atoms with Gasteiger partial charge in [-0.15, -0.1) is 0 Å². The van der Waals surface area contributed by atoms with E-state index >= 15 is 0 Å². The van der Waals surface area contributed by atoms with Gasteiger partial charge in [-0.2, -0.15) is 0 Å². The molecule has 0 unspecified atom stereocenters. The van der Waals surface area contributed by atoms with Gasteiger partial charge in [-0.05, 0) is 0 Å². The van der Waals surface area contributed by atoms with Crippen molar-refractivity contribution in [3.05, 3.63) is 0 Å². The Hall–Kier alpha value is 1.14. The molecule has 40 valence electrons. The molecule has 0 spiro atoms. The molecule has 2 radical (unpaired) electrons. The molecule has 4 heteroatoms. The van der Waals surface area contributed by atoms with Crippen LogP contribution in [0.2, 0.25) is 0 Å². The minimum absolute atomic E-state index is 0. The monoisotopic (exact) mass is 132 g/mol. The summed E-state index contributed by atoms with van der Waals surface area (Å²) in [5.41, 5.74) is 0. The van der Waals surface area contributed by atoms with Gasteiger partial charge >= 0.3 is 0 Å². The third-order valence-corrected chi connectivity index (χ3v) is 0.421. The molecule has 0 aromatic carbocycles. The van der Waals surface area contributed by atoms with Gasteiger partial charge in [-0.3, -0.25) is 0 Å². The van der Waals surface area contributed by atoms with E-state index in [4.69, 9.17) is 15.3 Å². The summed E-state index contributed by atoms with van der Waals surface area (Å²) in [5.74, 6) is 0. The van der Waals surface area contributed by atoms with Crippen molar-refractivity contribution in [3.63, 3.8) is 0 Å². The Bertz CT molecular complexity index is 29.4. The first kappa shape index (κ1) is 11.0. The minimum atomic E-state index is -0.954. The summed E-state index contributed by atoms with van der Waals surface area (Å²) in [6.45, 7) is -0.729. The molecule has 3 nitrogen and oxygen atoms in total. The normalized spacial score (nSPS) is 8.57. The minimum Gasteiger partial charge on any atom is -0.394 e. The number of aliphatic hydroxyl groups excluding tert-OH is 3. The quantitative estimate of drug-likeness (QED) is 0.379. The average Bonchev–Trinajstić information content (AvgIpc) is 1.65. The summed E-state index contributed by atoms with van der Waals surface area (Å²) in [5, 5.41) is 24.0. The van der Waals surface area contributed by atoms with Crippen molar-refractivity contribution in [2.75, 3.05) is 13.2 Å². The van der Waals surface area contributed by atoms with Crippen LogP contribution < -0.4 is 0 Å². The number of rotatable bonds is 2. The van der Waals surface area contributed by atoms with Gasteiger partial charge in [0.1, 0.15) is 6.10 Å². The fourth-order valence-corrected chi connectivity index (χ4v) is 0.0577. The first-order chi connectivity index (χ1) is 2.81. The third kappa shape index (κ3) is 7.14. The van der Waals surface area contributed by atoms with Gasteiger partial charge in [-0.1, -0.05) is 0 Å². The number of hydrogen-bond acceptors (Lipinski definition) is 3. The molecule has 0 aliphatic heterocycles. The second kappa shape index (κ2) is 7.14. The predicted molar refractivity (Wildman–Crippen MR) is 25.9 cm³/mol. The van der Waals surface area contributed by atoms with E-state index in [1.165, 1.54) is 0 Å². The van der Waals surface area contributed by atoms with Gasteiger partial charge in [0.2, 0.25) is 0 Å². The van der Waals surface area contributed by atoms with Crippen LogP contribution in [0.15, 0.2) is 0 Å². The molecule has 0 rings (SSSR count). The van der Waals surface area contributed by atoms with Crippen LogP contribution in [-0.2, 0) is 0 Å². The topological polar surface area (TPSA) is 60.7 Å². The summed E-state index contributed by atoms with van der Waals surface area (Å²) < 4.78 is 0. The smallest absolute Gasteiger partial charge is 0.100 e. The van der Waals surface area contributed by atoms with Gasteiger partial charge in [0.05, 0.1) is 13.2 Å². The van der Waals surface area contributed by atoms with E-state index in [-0.39, 0.29) is 51.0 Å². The van der Waals surface area contributed by atoms with Gasteiger partial charge in [-0.25, -0.2) is 0 Å². The van der Waals surface area contributed by atoms with Gasteiger partial charge in [0.25, 0.3) is 0 Å². The summed E-state index contributed by atoms with van der Waals surface area (Å²) in [6, 6.07) is 0. The molecule has 0 saturated carbocycles. The van der Waals surface area contributed by atoms with Crippen molar-refractivity contribution in [1.29, 1.82) is 0 Å². The van der Waals surface area contributed by atoms with E-state index in [0.29, 0.717) is 0 Å². The number of aliphatic hydroxyl groups is 3. The van der Waals surface area contributed by atoms with Crippen LogP contribution in [0.4, 0.5) is 0 Å². The maximum Gasteiger partial charge on any atom is 0.100 e. The molecule has 0 aromatic heterocycles. The molecule has 0 bridgehead atoms. The molecule has 0 saturated heterocycles. The van der Waals surface area contributed by atoms with Crippen LogP contribution in [-0.4, -0.2) is 72.4 Å². The molecule has 0 aliphatic carbocycles. The summed E-state index contributed by atoms with van der Waals surface area (Å²) in [6.07, 6.45) is -0.954. The maximum atomic E-state index is 8.17. The van der Waals surface area contributed by atoms with Crippen molar-refractivity contribution < 1.29 is 15.3 Å². The van der Waals surface area contributed by atoms with Crippen LogP contribution in [0.1, 0.15) is 0 Å². The van der Waals surface area contributed by atoms with Gasteiger partial charge in [0, 0.05) is 37.7 Å². The zero-order chi connectivity index (χ0) is 4.99. The Morgan fingerprint density at radius 1 is 1.14 bits per heavy atom. The Labute approximate surface area is 72.0 Å². The first-order valence-electron chi connectivity index (χ1n) is 1.71. The van der Waals surface area contributed by atoms with E-state index < -0.39 is 6.10 Å². The first-order valence-corrected chi connectivity index (χ1v) is 1.71. The second-order valence-corrected chi connectivity index (χ2v) is 1.02. The van der Waals surface area contributed by atoms with Crippen LogP contribution >= 0.6 is 0 Å². The zero-order valence-electron chi connectivity index (χ0n) is 4.04. The third-order valence-electron chi connectivity index (χ3n) is 0.421. The van der Waals surface area contributed by atoms with E-state index in [1.807, 2.05) is 0 Å². The van der Waals surface area contributed by atoms with Crippen molar-refractivity contribution in [2.24, 2.45) is 0 Å². The maximum absolute atomic E-state index is 8.17. The molecule has 7 heavy (non-hydrogen) atoms. The standard InChI is InChI=1S/C3H8O3.Ca/c4-1-3(6)2-5;/h3-6H,1-2H2;. The van der Waals surface area contributed by atoms with E-state index in [0.717, 1.165) is 0 Å². The van der Waals surface area contributed by atoms with Gasteiger partial charge < -0.3 is 15.3 Å². The Morgan fingerprint density at radius 2 is 1.43 bits per heavy atom. The SMILES string of the molecule is OCC(O)CO.[Ca]. The molecule has 0 aromatic rings. The Kier molecular flexibility index (Phi) is 11.2. The molecule has 0 atom stereocenters. The molecule has 0 fully saturated rings. The van der Waals surface area contributed by atoms with Crippen LogP contribution in [0.5, 0.6) is 0 Å². The fourth-order valence-electron chi connectivity index (χ4n) is 0.0577. The summed E-state index contributed by atoms with van der Waals surface area (Å²) in [7, 11) is 0. The van der Waals surface area contributed by atoms with E-state index in [1.54, 1.807) is 0 Å². The van der Waals surface area contributed by atoms with Crippen molar-refractivity contribution in [1.82, 2.24) is 0 Å². The van der Waals surface area contributed by atoms with E-state index in [9.17, 15) is 0 Å². The van der Waals surface area contributed by atoms with Crippen molar-refractivity contribution in [3.8, 4) is 0 Å². The summed E-state index contributed by atoms with van der Waals surface area (Å²) >= 11 is 0. The van der Waals surface area contributed by atoms with Crippen molar-refractivity contribution >= 4 is 37.7 Å². The summed E-state index contributed by atoms with van der Waals surface area (Å²) in [4.78, 5) is 0. The molecule has 0 aliphatic rings. The Balaban J connectivity index is 0. The van der Waals surface area contributed by atoms with Crippen LogP contribution in [0.25, 0.3) is 0 Å². The van der Waals surface area contributed by atoms with Crippen LogP contribution in [0, 0.1) is 0 Å². The van der Waals surface area contributed by atoms with E-state index in [2.05, 4.69) is 0 Å². The number of hydrogen-bond donors (Lipinski definition) is 3. The fraction of sp³-hybridized carbons (Fsp3) is 1.00. The predicted octanol–water partition coefficient (Wildman–Crippen LogP) is -2.05. The molecular weight excluding hydrogens is 124 g/mol. The average molecular weight is 132 g/mol.